The van der Waals surface area contributed by atoms with Gasteiger partial charge in [-0.1, -0.05) is 60.7 Å². The Kier molecular flexibility index (Phi) is 7.37. The molecule has 7 heteroatoms. The average Bonchev–Trinajstić information content (AvgIpc) is 2.79. The van der Waals surface area contributed by atoms with E-state index < -0.39 is 18.1 Å². The number of hydrogen-bond acceptors (Lipinski definition) is 4. The Balaban J connectivity index is 1.49. The van der Waals surface area contributed by atoms with Crippen LogP contribution >= 0.6 is 0 Å². The number of carbonyl (C=O) groups excluding carboxylic acids is 2. The van der Waals surface area contributed by atoms with Crippen LogP contribution in [0, 0.1) is 0 Å². The van der Waals surface area contributed by atoms with Crippen molar-refractivity contribution in [2.75, 3.05) is 5.32 Å². The molecule has 3 aromatic rings. The molecule has 1 atom stereocenters. The molecule has 7 nitrogen and oxygen atoms in total. The summed E-state index contributed by atoms with van der Waals surface area (Å²) < 4.78 is 5.14. The minimum atomic E-state index is -1.14. The van der Waals surface area contributed by atoms with Crippen molar-refractivity contribution in [3.63, 3.8) is 0 Å². The fourth-order valence-corrected chi connectivity index (χ4v) is 2.86. The number of anilines is 1. The van der Waals surface area contributed by atoms with Gasteiger partial charge in [0.15, 0.2) is 0 Å². The Morgan fingerprint density at radius 2 is 1.42 bits per heavy atom. The number of benzene rings is 3. The van der Waals surface area contributed by atoms with Gasteiger partial charge < -0.3 is 20.5 Å². The minimum Gasteiger partial charge on any atom is -0.480 e. The predicted molar refractivity (Wildman–Crippen MR) is 116 cm³/mol. The Labute approximate surface area is 179 Å². The first-order chi connectivity index (χ1) is 15.0. The highest BCUT2D eigenvalue weighted by atomic mass is 16.5. The zero-order chi connectivity index (χ0) is 22.1. The van der Waals surface area contributed by atoms with Crippen molar-refractivity contribution < 1.29 is 24.2 Å². The van der Waals surface area contributed by atoms with Gasteiger partial charge in [-0.3, -0.25) is 4.79 Å². The summed E-state index contributed by atoms with van der Waals surface area (Å²) in [6.07, 6.45) is -0.661. The van der Waals surface area contributed by atoms with Gasteiger partial charge in [-0.15, -0.1) is 0 Å². The third kappa shape index (κ3) is 6.71. The Hall–Kier alpha value is -4.13. The van der Waals surface area contributed by atoms with Gasteiger partial charge in [0.05, 0.1) is 0 Å². The molecule has 0 bridgehead atoms. The number of rotatable bonds is 8. The highest BCUT2D eigenvalue weighted by Crippen LogP contribution is 2.12. The lowest BCUT2D eigenvalue weighted by Gasteiger charge is -2.15. The average molecular weight is 418 g/mol. The van der Waals surface area contributed by atoms with Crippen LogP contribution < -0.4 is 10.6 Å². The number of amides is 2. The van der Waals surface area contributed by atoms with Crippen molar-refractivity contribution in [3.05, 3.63) is 102 Å². The van der Waals surface area contributed by atoms with E-state index in [0.717, 1.165) is 5.56 Å². The fraction of sp³-hybridized carbons (Fsp3) is 0.125. The summed E-state index contributed by atoms with van der Waals surface area (Å²) in [5.41, 5.74) is 2.65. The smallest absolute Gasteiger partial charge is 0.408 e. The SMILES string of the molecule is O=C(NC(Cc1ccccc1)C(=O)O)OCc1ccc(NC(=O)c2ccccc2)cc1. The molecule has 0 saturated carbocycles. The van der Waals surface area contributed by atoms with Crippen molar-refractivity contribution >= 4 is 23.7 Å². The normalized spacial score (nSPS) is 11.2. The first kappa shape index (κ1) is 21.6. The van der Waals surface area contributed by atoms with Gasteiger partial charge in [0.2, 0.25) is 0 Å². The molecule has 0 fully saturated rings. The topological polar surface area (TPSA) is 105 Å². The van der Waals surface area contributed by atoms with E-state index in [1.807, 2.05) is 12.1 Å². The third-order valence-electron chi connectivity index (χ3n) is 4.49. The summed E-state index contributed by atoms with van der Waals surface area (Å²) in [5, 5.41) is 14.5. The molecule has 0 saturated heterocycles. The van der Waals surface area contributed by atoms with Crippen molar-refractivity contribution in [2.24, 2.45) is 0 Å². The molecule has 0 heterocycles. The van der Waals surface area contributed by atoms with Crippen LogP contribution in [0.25, 0.3) is 0 Å². The number of carboxylic acids is 1. The molecule has 0 radical (unpaired) electrons. The van der Waals surface area contributed by atoms with Gasteiger partial charge in [-0.25, -0.2) is 9.59 Å². The van der Waals surface area contributed by atoms with Crippen LogP contribution in [0.15, 0.2) is 84.9 Å². The lowest BCUT2D eigenvalue weighted by molar-refractivity contribution is -0.139. The second-order valence-electron chi connectivity index (χ2n) is 6.82. The molecule has 158 valence electrons. The largest absolute Gasteiger partial charge is 0.480 e. The van der Waals surface area contributed by atoms with Crippen LogP contribution in [-0.4, -0.2) is 29.1 Å². The van der Waals surface area contributed by atoms with Crippen molar-refractivity contribution in [1.29, 1.82) is 0 Å². The van der Waals surface area contributed by atoms with Crippen LogP contribution in [-0.2, 0) is 22.6 Å². The Bertz CT molecular complexity index is 1020. The first-order valence-electron chi connectivity index (χ1n) is 9.66. The molecule has 0 aliphatic carbocycles. The maximum Gasteiger partial charge on any atom is 0.408 e. The van der Waals surface area contributed by atoms with Crippen molar-refractivity contribution in [1.82, 2.24) is 5.32 Å². The summed E-state index contributed by atoms with van der Waals surface area (Å²) in [5.74, 6) is -1.36. The van der Waals surface area contributed by atoms with Gasteiger partial charge in [-0.05, 0) is 35.4 Å². The molecule has 0 aliphatic heterocycles. The molecule has 3 N–H and O–H groups in total. The third-order valence-corrected chi connectivity index (χ3v) is 4.49. The number of alkyl carbamates (subject to hydrolysis) is 1. The highest BCUT2D eigenvalue weighted by molar-refractivity contribution is 6.04. The van der Waals surface area contributed by atoms with E-state index in [2.05, 4.69) is 10.6 Å². The molecule has 3 aromatic carbocycles. The van der Waals surface area contributed by atoms with Gasteiger partial charge in [0.1, 0.15) is 12.6 Å². The van der Waals surface area contributed by atoms with Crippen LogP contribution in [0.2, 0.25) is 0 Å². The van der Waals surface area contributed by atoms with E-state index in [0.29, 0.717) is 16.8 Å². The Morgan fingerprint density at radius 3 is 2.03 bits per heavy atom. The maximum atomic E-state index is 12.2. The Morgan fingerprint density at radius 1 is 0.806 bits per heavy atom. The zero-order valence-electron chi connectivity index (χ0n) is 16.7. The van der Waals surface area contributed by atoms with E-state index in [9.17, 15) is 19.5 Å². The lowest BCUT2D eigenvalue weighted by Crippen LogP contribution is -2.42. The molecule has 0 spiro atoms. The van der Waals surface area contributed by atoms with Crippen LogP contribution in [0.5, 0.6) is 0 Å². The van der Waals surface area contributed by atoms with Gasteiger partial charge in [0, 0.05) is 17.7 Å². The summed E-state index contributed by atoms with van der Waals surface area (Å²) in [7, 11) is 0. The molecular weight excluding hydrogens is 396 g/mol. The molecule has 2 amide bonds. The summed E-state index contributed by atoms with van der Waals surface area (Å²) >= 11 is 0. The molecule has 0 aromatic heterocycles. The zero-order valence-corrected chi connectivity index (χ0v) is 16.7. The quantitative estimate of drug-likeness (QED) is 0.515. The summed E-state index contributed by atoms with van der Waals surface area (Å²) in [4.78, 5) is 35.6. The lowest BCUT2D eigenvalue weighted by atomic mass is 10.1. The van der Waals surface area contributed by atoms with Crippen LogP contribution in [0.1, 0.15) is 21.5 Å². The molecule has 0 aliphatic rings. The second kappa shape index (κ2) is 10.6. The van der Waals surface area contributed by atoms with Crippen LogP contribution in [0.3, 0.4) is 0 Å². The number of nitrogens with one attached hydrogen (secondary N) is 2. The van der Waals surface area contributed by atoms with Crippen molar-refractivity contribution in [3.8, 4) is 0 Å². The van der Waals surface area contributed by atoms with Gasteiger partial charge in [0.25, 0.3) is 5.91 Å². The van der Waals surface area contributed by atoms with Gasteiger partial charge >= 0.3 is 12.1 Å². The number of carbonyl (C=O) groups is 3. The molecular formula is C24H22N2O5. The second-order valence-corrected chi connectivity index (χ2v) is 6.82. The van der Waals surface area contributed by atoms with E-state index >= 15 is 0 Å². The van der Waals surface area contributed by atoms with Crippen molar-refractivity contribution in [2.45, 2.75) is 19.1 Å². The molecule has 3 rings (SSSR count). The molecule has 1 unspecified atom stereocenters. The van der Waals surface area contributed by atoms with E-state index in [4.69, 9.17) is 4.74 Å². The van der Waals surface area contributed by atoms with E-state index in [1.165, 1.54) is 0 Å². The van der Waals surface area contributed by atoms with Crippen LogP contribution in [0.4, 0.5) is 10.5 Å². The number of carboxylic acid groups (broad SMARTS) is 1. The number of hydrogen-bond donors (Lipinski definition) is 3. The predicted octanol–water partition coefficient (Wildman–Crippen LogP) is 3.86. The highest BCUT2D eigenvalue weighted by Gasteiger charge is 2.21. The number of ether oxygens (including phenoxy) is 1. The monoisotopic (exact) mass is 418 g/mol. The fourth-order valence-electron chi connectivity index (χ4n) is 2.86. The minimum absolute atomic E-state index is 0.0313. The summed E-state index contributed by atoms with van der Waals surface area (Å²) in [6, 6.07) is 23.6. The number of aliphatic carboxylic acids is 1. The first-order valence-corrected chi connectivity index (χ1v) is 9.66. The maximum absolute atomic E-state index is 12.2. The summed E-state index contributed by atoms with van der Waals surface area (Å²) in [6.45, 7) is -0.0313. The van der Waals surface area contributed by atoms with Gasteiger partial charge in [-0.2, -0.15) is 0 Å². The van der Waals surface area contributed by atoms with E-state index in [-0.39, 0.29) is 18.9 Å². The molecule has 31 heavy (non-hydrogen) atoms. The standard InChI is InChI=1S/C24H22N2O5/c27-22(19-9-5-2-6-10-19)25-20-13-11-18(12-14-20)16-31-24(30)26-21(23(28)29)15-17-7-3-1-4-8-17/h1-14,21H,15-16H2,(H,25,27)(H,26,30)(H,28,29). The van der Waals surface area contributed by atoms with E-state index in [1.54, 1.807) is 72.8 Å².